The molecule has 5 heteroatoms. The fourth-order valence-corrected chi connectivity index (χ4v) is 2.80. The van der Waals surface area contributed by atoms with Crippen LogP contribution < -0.4 is 4.74 Å². The maximum Gasteiger partial charge on any atom is 0.118 e. The second kappa shape index (κ2) is 14.1. The molecule has 0 aliphatic heterocycles. The van der Waals surface area contributed by atoms with Crippen LogP contribution in [0.25, 0.3) is 0 Å². The minimum Gasteiger partial charge on any atom is -0.497 e. The molecule has 0 N–H and O–H groups in total. The predicted octanol–water partition coefficient (Wildman–Crippen LogP) is 7.54. The molecule has 0 atom stereocenters. The third kappa shape index (κ3) is 10.4. The van der Waals surface area contributed by atoms with E-state index in [1.165, 1.54) is 41.4 Å². The molecular formula is C24H29ClO3S. The number of hydrogen-bond donors (Lipinski definition) is 0. The lowest BCUT2D eigenvalue weighted by Crippen LogP contribution is -1.80. The summed E-state index contributed by atoms with van der Waals surface area (Å²) < 4.78 is 9.69. The van der Waals surface area contributed by atoms with E-state index in [1.54, 1.807) is 7.11 Å². The number of methoxy groups -OCH3 is 1. The van der Waals surface area contributed by atoms with Crippen molar-refractivity contribution in [2.45, 2.75) is 32.6 Å². The average molecular weight is 433 g/mol. The fraction of sp³-hybridized carbons (Fsp3) is 0.250. The second-order valence-electron chi connectivity index (χ2n) is 6.33. The van der Waals surface area contributed by atoms with E-state index in [-0.39, 0.29) is 0 Å². The van der Waals surface area contributed by atoms with Crippen molar-refractivity contribution >= 4 is 23.6 Å². The summed E-state index contributed by atoms with van der Waals surface area (Å²) in [6, 6.07) is 21.8. The van der Waals surface area contributed by atoms with Gasteiger partial charge in [-0.15, -0.1) is 0 Å². The number of hydrogen-bond acceptors (Lipinski definition) is 4. The van der Waals surface area contributed by atoms with Crippen LogP contribution in [0.5, 0.6) is 5.75 Å². The maximum absolute atomic E-state index is 5.72. The highest BCUT2D eigenvalue weighted by Gasteiger charge is 1.97. The van der Waals surface area contributed by atoms with Gasteiger partial charge in [0.15, 0.2) is 0 Å². The summed E-state index contributed by atoms with van der Waals surface area (Å²) in [6.07, 6.45) is 0. The van der Waals surface area contributed by atoms with Gasteiger partial charge in [-0.2, -0.15) is 4.33 Å². The minimum atomic E-state index is 0.818. The molecule has 0 unspecified atom stereocenters. The van der Waals surface area contributed by atoms with Gasteiger partial charge in [0.2, 0.25) is 0 Å². The van der Waals surface area contributed by atoms with E-state index in [2.05, 4.69) is 25.7 Å². The Labute approximate surface area is 184 Å². The first-order valence-electron chi connectivity index (χ1n) is 9.13. The molecule has 0 spiro atoms. The molecule has 29 heavy (non-hydrogen) atoms. The fourth-order valence-electron chi connectivity index (χ4n) is 2.10. The maximum atomic E-state index is 5.72. The van der Waals surface area contributed by atoms with Crippen LogP contribution in [0.4, 0.5) is 0 Å². The van der Waals surface area contributed by atoms with Crippen LogP contribution in [0, 0.1) is 27.7 Å². The number of benzene rings is 3. The molecule has 0 fully saturated rings. The third-order valence-corrected chi connectivity index (χ3v) is 5.09. The van der Waals surface area contributed by atoms with Crippen molar-refractivity contribution in [3.05, 3.63) is 94.0 Å². The Hall–Kier alpha value is -1.98. The molecule has 0 saturated carbocycles. The van der Waals surface area contributed by atoms with Gasteiger partial charge in [-0.25, -0.2) is 4.89 Å². The second-order valence-corrected chi connectivity index (χ2v) is 7.51. The van der Waals surface area contributed by atoms with Gasteiger partial charge in [0.25, 0.3) is 0 Å². The van der Waals surface area contributed by atoms with Crippen LogP contribution >= 0.6 is 23.6 Å². The van der Waals surface area contributed by atoms with Crippen LogP contribution in [0.3, 0.4) is 0 Å². The molecule has 3 rings (SSSR count). The summed E-state index contributed by atoms with van der Waals surface area (Å²) in [7, 11) is 3.16. The quantitative estimate of drug-likeness (QED) is 0.242. The number of rotatable bonds is 4. The molecule has 0 saturated heterocycles. The molecule has 3 nitrogen and oxygen atoms in total. The first-order valence-corrected chi connectivity index (χ1v) is 10.3. The highest BCUT2D eigenvalue weighted by molar-refractivity contribution is 7.94. The molecule has 0 bridgehead atoms. The average Bonchev–Trinajstić information content (AvgIpc) is 2.72. The highest BCUT2D eigenvalue weighted by atomic mass is 35.5. The zero-order valence-corrected chi connectivity index (χ0v) is 19.4. The van der Waals surface area contributed by atoms with Crippen LogP contribution in [0.2, 0.25) is 5.02 Å². The summed E-state index contributed by atoms with van der Waals surface area (Å²) in [6.45, 7) is 8.22. The molecule has 0 radical (unpaired) electrons. The first kappa shape index (κ1) is 25.1. The Bertz CT molecular complexity index is 851. The molecule has 156 valence electrons. The van der Waals surface area contributed by atoms with E-state index in [4.69, 9.17) is 20.7 Å². The summed E-state index contributed by atoms with van der Waals surface area (Å²) in [5.74, 6) is 0.917. The van der Waals surface area contributed by atoms with Crippen LogP contribution in [0.1, 0.15) is 22.3 Å². The van der Waals surface area contributed by atoms with Gasteiger partial charge in [-0.05, 0) is 74.7 Å². The van der Waals surface area contributed by atoms with Crippen molar-refractivity contribution in [2.75, 3.05) is 14.2 Å². The van der Waals surface area contributed by atoms with E-state index in [1.807, 2.05) is 73.7 Å². The number of halogens is 1. The van der Waals surface area contributed by atoms with E-state index >= 15 is 0 Å². The van der Waals surface area contributed by atoms with Gasteiger partial charge < -0.3 is 4.74 Å². The van der Waals surface area contributed by atoms with Gasteiger partial charge >= 0.3 is 0 Å². The largest absolute Gasteiger partial charge is 0.497 e. The van der Waals surface area contributed by atoms with Crippen molar-refractivity contribution in [1.29, 1.82) is 0 Å². The zero-order chi connectivity index (χ0) is 21.6. The lowest BCUT2D eigenvalue weighted by atomic mass is 10.1. The summed E-state index contributed by atoms with van der Waals surface area (Å²) >= 11 is 6.94. The first-order chi connectivity index (χ1) is 13.9. The molecule has 3 aromatic rings. The molecule has 0 amide bonds. The summed E-state index contributed by atoms with van der Waals surface area (Å²) in [5, 5.41) is 0.818. The minimum absolute atomic E-state index is 0.818. The Morgan fingerprint density at radius 2 is 1.38 bits per heavy atom. The Morgan fingerprint density at radius 3 is 1.90 bits per heavy atom. The van der Waals surface area contributed by atoms with Gasteiger partial charge in [-0.3, -0.25) is 0 Å². The van der Waals surface area contributed by atoms with Crippen molar-refractivity contribution < 1.29 is 14.0 Å². The molecule has 0 aliphatic carbocycles. The van der Waals surface area contributed by atoms with E-state index in [0.717, 1.165) is 15.7 Å². The van der Waals surface area contributed by atoms with E-state index < -0.39 is 0 Å². The van der Waals surface area contributed by atoms with Crippen molar-refractivity contribution in [2.24, 2.45) is 0 Å². The summed E-state index contributed by atoms with van der Waals surface area (Å²) in [5.41, 5.74) is 4.99. The molecule has 0 heterocycles. The van der Waals surface area contributed by atoms with E-state index in [0.29, 0.717) is 0 Å². The Morgan fingerprint density at radius 1 is 0.724 bits per heavy atom. The SMILES string of the molecule is COOSc1ccccc1C.COc1ccc(C)cc1.Cc1ccc(Cl)cc1C. The number of aryl methyl sites for hydroxylation is 4. The van der Waals surface area contributed by atoms with Gasteiger partial charge in [-0.1, -0.05) is 53.6 Å². The topological polar surface area (TPSA) is 27.7 Å². The van der Waals surface area contributed by atoms with Crippen LogP contribution in [-0.4, -0.2) is 14.2 Å². The molecule has 0 aliphatic rings. The number of ether oxygens (including phenoxy) is 1. The molecule has 3 aromatic carbocycles. The molecular weight excluding hydrogens is 404 g/mol. The Balaban J connectivity index is 0.000000219. The van der Waals surface area contributed by atoms with E-state index in [9.17, 15) is 0 Å². The lowest BCUT2D eigenvalue weighted by molar-refractivity contribution is -0.160. The molecule has 0 aromatic heterocycles. The standard InChI is InChI=1S/C8H9Cl.C8H10O2S.C8H10O/c1-6-3-4-8(9)5-7(6)2;1-7-5-3-4-6-8(7)11-10-9-2;1-7-3-5-8(9-2)6-4-7/h3-5H,1-2H3;3-6H,1-2H3;3-6H,1-2H3. The Kier molecular flexibility index (Phi) is 12.2. The van der Waals surface area contributed by atoms with Gasteiger partial charge in [0.1, 0.15) is 5.75 Å². The monoisotopic (exact) mass is 432 g/mol. The summed E-state index contributed by atoms with van der Waals surface area (Å²) in [4.78, 5) is 5.54. The van der Waals surface area contributed by atoms with Crippen molar-refractivity contribution in [1.82, 2.24) is 0 Å². The highest BCUT2D eigenvalue weighted by Crippen LogP contribution is 2.22. The smallest absolute Gasteiger partial charge is 0.118 e. The van der Waals surface area contributed by atoms with Crippen molar-refractivity contribution in [3.63, 3.8) is 0 Å². The lowest BCUT2D eigenvalue weighted by Gasteiger charge is -2.00. The van der Waals surface area contributed by atoms with Crippen LogP contribution in [0.15, 0.2) is 71.6 Å². The third-order valence-electron chi connectivity index (χ3n) is 4.01. The predicted molar refractivity (Wildman–Crippen MR) is 124 cm³/mol. The van der Waals surface area contributed by atoms with Gasteiger partial charge in [0.05, 0.1) is 26.3 Å². The zero-order valence-electron chi connectivity index (χ0n) is 17.9. The van der Waals surface area contributed by atoms with Gasteiger partial charge in [0, 0.05) is 9.92 Å². The van der Waals surface area contributed by atoms with Crippen molar-refractivity contribution in [3.8, 4) is 5.75 Å². The van der Waals surface area contributed by atoms with Crippen LogP contribution in [-0.2, 0) is 9.22 Å². The normalized spacial score (nSPS) is 9.62.